The van der Waals surface area contributed by atoms with Crippen molar-refractivity contribution in [2.75, 3.05) is 13.1 Å². The summed E-state index contributed by atoms with van der Waals surface area (Å²) < 4.78 is 13.1. The van der Waals surface area contributed by atoms with Crippen LogP contribution in [0.1, 0.15) is 23.3 Å². The lowest BCUT2D eigenvalue weighted by molar-refractivity contribution is 0.0946. The third-order valence-electron chi connectivity index (χ3n) is 4.35. The monoisotopic (exact) mass is 354 g/mol. The fourth-order valence-electron chi connectivity index (χ4n) is 2.87. The van der Waals surface area contributed by atoms with Crippen LogP contribution in [0.3, 0.4) is 0 Å². The number of rotatable bonds is 7. The highest BCUT2D eigenvalue weighted by molar-refractivity contribution is 5.98. The quantitative estimate of drug-likeness (QED) is 0.525. The summed E-state index contributed by atoms with van der Waals surface area (Å²) >= 11 is 0. The summed E-state index contributed by atoms with van der Waals surface area (Å²) in [5.41, 5.74) is 14.6. The molecule has 0 radical (unpaired) electrons. The van der Waals surface area contributed by atoms with Crippen LogP contribution in [0, 0.1) is 5.82 Å². The Balaban J connectivity index is 1.72. The Labute approximate surface area is 151 Å². The third kappa shape index (κ3) is 4.28. The predicted molar refractivity (Wildman–Crippen MR) is 102 cm³/mol. The minimum absolute atomic E-state index is 0.100. The molecule has 0 fully saturated rings. The molecule has 0 spiro atoms. The van der Waals surface area contributed by atoms with Crippen LogP contribution >= 0.6 is 0 Å². The van der Waals surface area contributed by atoms with Gasteiger partial charge in [-0.15, -0.1) is 0 Å². The number of amides is 1. The molecule has 5 nitrogen and oxygen atoms in total. The average Bonchev–Trinajstić information content (AvgIpc) is 3.08. The van der Waals surface area contributed by atoms with Gasteiger partial charge in [-0.05, 0) is 54.8 Å². The number of carbonyl (C=O) groups is 1. The zero-order chi connectivity index (χ0) is 18.5. The Bertz CT molecular complexity index is 888. The number of benzene rings is 2. The lowest BCUT2D eigenvalue weighted by atomic mass is 10.0. The number of carbonyl (C=O) groups excluding carboxylic acids is 1. The molecule has 0 aliphatic heterocycles. The molecule has 1 atom stereocenters. The number of hydrogen-bond donors (Lipinski definition) is 4. The summed E-state index contributed by atoms with van der Waals surface area (Å²) in [5, 5.41) is 3.78. The maximum atomic E-state index is 13.1. The summed E-state index contributed by atoms with van der Waals surface area (Å²) in [7, 11) is 0. The van der Waals surface area contributed by atoms with Gasteiger partial charge >= 0.3 is 0 Å². The Morgan fingerprint density at radius 1 is 1.12 bits per heavy atom. The van der Waals surface area contributed by atoms with Crippen molar-refractivity contribution >= 4 is 16.8 Å². The number of H-pyrrole nitrogens is 1. The molecule has 2 aromatic carbocycles. The largest absolute Gasteiger partial charge is 0.351 e. The Morgan fingerprint density at radius 3 is 2.58 bits per heavy atom. The normalized spacial score (nSPS) is 12.3. The first-order chi connectivity index (χ1) is 12.6. The molecule has 1 aromatic heterocycles. The second-order valence-electron chi connectivity index (χ2n) is 6.39. The molecule has 1 unspecified atom stereocenters. The van der Waals surface area contributed by atoms with Crippen molar-refractivity contribution in [3.05, 3.63) is 60.0 Å². The average molecular weight is 354 g/mol. The van der Waals surface area contributed by atoms with Gasteiger partial charge in [-0.1, -0.05) is 24.3 Å². The van der Waals surface area contributed by atoms with Crippen molar-refractivity contribution in [3.63, 3.8) is 0 Å². The van der Waals surface area contributed by atoms with E-state index >= 15 is 0 Å². The summed E-state index contributed by atoms with van der Waals surface area (Å²) in [6, 6.07) is 13.9. The zero-order valence-corrected chi connectivity index (χ0v) is 14.5. The number of aromatic amines is 1. The van der Waals surface area contributed by atoms with Gasteiger partial charge in [0, 0.05) is 23.5 Å². The minimum atomic E-state index is -0.265. The molecule has 0 aliphatic rings. The standard InChI is InChI=1S/C20H23FN4O/c21-16-7-5-13(6-8-16)14-3-4-15-11-19(25-18(15)10-14)20(26)24-12-17(23)2-1-9-22/h3-8,10-11,17,25H,1-2,9,12,22-23H2,(H,24,26). The smallest absolute Gasteiger partial charge is 0.267 e. The van der Waals surface area contributed by atoms with Gasteiger partial charge in [-0.2, -0.15) is 0 Å². The zero-order valence-electron chi connectivity index (χ0n) is 14.5. The van der Waals surface area contributed by atoms with Crippen LogP contribution in [0.5, 0.6) is 0 Å². The van der Waals surface area contributed by atoms with E-state index in [2.05, 4.69) is 10.3 Å². The van der Waals surface area contributed by atoms with Crippen LogP contribution in [-0.4, -0.2) is 30.0 Å². The van der Waals surface area contributed by atoms with Gasteiger partial charge in [-0.3, -0.25) is 4.79 Å². The van der Waals surface area contributed by atoms with E-state index in [1.807, 2.05) is 24.3 Å². The number of halogens is 1. The first-order valence-electron chi connectivity index (χ1n) is 8.69. The predicted octanol–water partition coefficient (Wildman–Crippen LogP) is 2.77. The molecule has 0 saturated carbocycles. The van der Waals surface area contributed by atoms with Gasteiger partial charge in [0.25, 0.3) is 5.91 Å². The number of hydrogen-bond acceptors (Lipinski definition) is 3. The summed E-state index contributed by atoms with van der Waals surface area (Å²) in [5.74, 6) is -0.453. The molecule has 0 saturated heterocycles. The molecule has 1 amide bonds. The van der Waals surface area contributed by atoms with Crippen LogP contribution in [-0.2, 0) is 0 Å². The van der Waals surface area contributed by atoms with E-state index in [1.54, 1.807) is 12.1 Å². The third-order valence-corrected chi connectivity index (χ3v) is 4.35. The Hall–Kier alpha value is -2.70. The molecule has 26 heavy (non-hydrogen) atoms. The van der Waals surface area contributed by atoms with Crippen molar-refractivity contribution in [3.8, 4) is 11.1 Å². The lowest BCUT2D eigenvalue weighted by Crippen LogP contribution is -2.37. The fourth-order valence-corrected chi connectivity index (χ4v) is 2.87. The van der Waals surface area contributed by atoms with Crippen molar-refractivity contribution in [2.45, 2.75) is 18.9 Å². The van der Waals surface area contributed by atoms with E-state index < -0.39 is 0 Å². The van der Waals surface area contributed by atoms with Gasteiger partial charge in [0.1, 0.15) is 11.5 Å². The van der Waals surface area contributed by atoms with Crippen LogP contribution in [0.15, 0.2) is 48.5 Å². The topological polar surface area (TPSA) is 96.9 Å². The lowest BCUT2D eigenvalue weighted by Gasteiger charge is -2.11. The highest BCUT2D eigenvalue weighted by atomic mass is 19.1. The van der Waals surface area contributed by atoms with E-state index in [4.69, 9.17) is 11.5 Å². The number of nitrogens with one attached hydrogen (secondary N) is 2. The molecular weight excluding hydrogens is 331 g/mol. The first-order valence-corrected chi connectivity index (χ1v) is 8.69. The molecule has 6 heteroatoms. The van der Waals surface area contributed by atoms with Crippen molar-refractivity contribution < 1.29 is 9.18 Å². The SMILES string of the molecule is NCCCC(N)CNC(=O)c1cc2ccc(-c3ccc(F)cc3)cc2[nH]1. The molecule has 136 valence electrons. The Morgan fingerprint density at radius 2 is 1.85 bits per heavy atom. The number of nitrogens with two attached hydrogens (primary N) is 2. The van der Waals surface area contributed by atoms with E-state index in [0.29, 0.717) is 18.8 Å². The molecule has 6 N–H and O–H groups in total. The van der Waals surface area contributed by atoms with E-state index in [1.165, 1.54) is 12.1 Å². The van der Waals surface area contributed by atoms with Gasteiger partial charge in [0.2, 0.25) is 0 Å². The second kappa shape index (κ2) is 8.12. The van der Waals surface area contributed by atoms with Crippen LogP contribution < -0.4 is 16.8 Å². The molecule has 3 rings (SSSR count). The molecule has 0 bridgehead atoms. The van der Waals surface area contributed by atoms with E-state index in [-0.39, 0.29) is 17.8 Å². The van der Waals surface area contributed by atoms with Crippen molar-refractivity contribution in [1.82, 2.24) is 10.3 Å². The number of aromatic nitrogens is 1. The maximum absolute atomic E-state index is 13.1. The second-order valence-corrected chi connectivity index (χ2v) is 6.39. The fraction of sp³-hybridized carbons (Fsp3) is 0.250. The van der Waals surface area contributed by atoms with E-state index in [0.717, 1.165) is 34.9 Å². The summed E-state index contributed by atoms with van der Waals surface area (Å²) in [4.78, 5) is 15.5. The highest BCUT2D eigenvalue weighted by Gasteiger charge is 2.11. The number of fused-ring (bicyclic) bond motifs is 1. The van der Waals surface area contributed by atoms with Gasteiger partial charge in [-0.25, -0.2) is 4.39 Å². The van der Waals surface area contributed by atoms with Gasteiger partial charge in [0.05, 0.1) is 0 Å². The van der Waals surface area contributed by atoms with Crippen LogP contribution in [0.2, 0.25) is 0 Å². The molecule has 1 heterocycles. The van der Waals surface area contributed by atoms with Crippen molar-refractivity contribution in [1.29, 1.82) is 0 Å². The molecule has 0 aliphatic carbocycles. The maximum Gasteiger partial charge on any atom is 0.267 e. The summed E-state index contributed by atoms with van der Waals surface area (Å²) in [6.07, 6.45) is 1.63. The first kappa shape index (κ1) is 18.1. The van der Waals surface area contributed by atoms with Crippen LogP contribution in [0.25, 0.3) is 22.0 Å². The molecular formula is C20H23FN4O. The minimum Gasteiger partial charge on any atom is -0.351 e. The summed E-state index contributed by atoms with van der Waals surface area (Å²) in [6.45, 7) is 1.01. The van der Waals surface area contributed by atoms with E-state index in [9.17, 15) is 9.18 Å². The van der Waals surface area contributed by atoms with Gasteiger partial charge < -0.3 is 21.8 Å². The van der Waals surface area contributed by atoms with Crippen molar-refractivity contribution in [2.24, 2.45) is 11.5 Å². The highest BCUT2D eigenvalue weighted by Crippen LogP contribution is 2.25. The molecule has 3 aromatic rings. The van der Waals surface area contributed by atoms with Gasteiger partial charge in [0.15, 0.2) is 0 Å². The Kier molecular flexibility index (Phi) is 5.65. The van der Waals surface area contributed by atoms with Crippen LogP contribution in [0.4, 0.5) is 4.39 Å².